The minimum Gasteiger partial charge on any atom is -0.0978 e. The number of benzene rings is 2. The molecule has 42 heavy (non-hydrogen) atoms. The van der Waals surface area contributed by atoms with Crippen molar-refractivity contribution in [1.82, 2.24) is 0 Å². The van der Waals surface area contributed by atoms with Crippen LogP contribution in [0.25, 0.3) is 10.8 Å². The van der Waals surface area contributed by atoms with Crippen molar-refractivity contribution in [3.05, 3.63) is 44.3 Å². The molecule has 0 unspecified atom stereocenters. The van der Waals surface area contributed by atoms with E-state index in [-0.39, 0.29) is 0 Å². The van der Waals surface area contributed by atoms with Crippen LogP contribution in [-0.4, -0.2) is 0 Å². The van der Waals surface area contributed by atoms with Gasteiger partial charge in [0.25, 0.3) is 0 Å². The maximum absolute atomic E-state index is 3.76. The first-order valence-corrected chi connectivity index (χ1v) is 18.4. The van der Waals surface area contributed by atoms with Crippen molar-refractivity contribution in [1.29, 1.82) is 0 Å². The zero-order valence-corrected chi connectivity index (χ0v) is 31.0. The van der Waals surface area contributed by atoms with E-state index >= 15 is 0 Å². The molecule has 0 aromatic heterocycles. The van der Waals surface area contributed by atoms with Crippen LogP contribution in [0.5, 0.6) is 0 Å². The van der Waals surface area contributed by atoms with Crippen LogP contribution in [0, 0.1) is 34.5 Å². The molecule has 0 radical (unpaired) electrons. The molecule has 2 aromatic rings. The fourth-order valence-electron chi connectivity index (χ4n) is 5.41. The average molecular weight is 699 g/mol. The molecular formula is C40H58Br2. The Kier molecular flexibility index (Phi) is 17.5. The van der Waals surface area contributed by atoms with E-state index in [2.05, 4.69) is 121 Å². The molecule has 2 heteroatoms. The maximum atomic E-state index is 3.76. The first-order valence-electron chi connectivity index (χ1n) is 16.9. The highest BCUT2D eigenvalue weighted by atomic mass is 79.9. The van der Waals surface area contributed by atoms with E-state index in [0.29, 0.717) is 10.8 Å². The Bertz CT molecular complexity index is 1090. The molecule has 0 heterocycles. The summed E-state index contributed by atoms with van der Waals surface area (Å²) in [6.07, 6.45) is 23.2. The molecule has 0 spiro atoms. The van der Waals surface area contributed by atoms with Crippen LogP contribution >= 0.6 is 31.9 Å². The molecular weight excluding hydrogens is 640 g/mol. The first-order chi connectivity index (χ1) is 20.0. The summed E-state index contributed by atoms with van der Waals surface area (Å²) in [5.41, 5.74) is 3.14. The summed E-state index contributed by atoms with van der Waals surface area (Å²) < 4.78 is 2.13. The first kappa shape index (κ1) is 37.0. The van der Waals surface area contributed by atoms with Crippen molar-refractivity contribution >= 4 is 42.6 Å². The topological polar surface area (TPSA) is 0 Å². The molecule has 0 atom stereocenters. The second-order valence-corrected chi connectivity index (χ2v) is 16.3. The Morgan fingerprint density at radius 1 is 0.452 bits per heavy atom. The summed E-state index contributed by atoms with van der Waals surface area (Å²) in [7, 11) is 0. The van der Waals surface area contributed by atoms with Crippen LogP contribution in [0.2, 0.25) is 0 Å². The summed E-state index contributed by atoms with van der Waals surface area (Å²) in [5.74, 6) is 13.9. The van der Waals surface area contributed by atoms with E-state index in [0.717, 1.165) is 32.9 Å². The van der Waals surface area contributed by atoms with Gasteiger partial charge in [0.1, 0.15) is 0 Å². The molecule has 0 N–H and O–H groups in total. The Hall–Kier alpha value is -1.22. The van der Waals surface area contributed by atoms with Crippen molar-refractivity contribution in [2.45, 2.75) is 157 Å². The molecule has 0 amide bonds. The highest BCUT2D eigenvalue weighted by molar-refractivity contribution is 9.10. The van der Waals surface area contributed by atoms with E-state index in [4.69, 9.17) is 0 Å². The Morgan fingerprint density at radius 3 is 1.10 bits per heavy atom. The third kappa shape index (κ3) is 16.0. The van der Waals surface area contributed by atoms with Gasteiger partial charge in [-0.25, -0.2) is 0 Å². The smallest absolute Gasteiger partial charge is 0.0466 e. The SMILES string of the molecule is CC(C)(C)CCCCCCCCCC#Cc1c(Br)ccc2c(C#CCCCCCCCCCC(C)(C)C)c(Br)ccc12. The minimum absolute atomic E-state index is 0.480. The quantitative estimate of drug-likeness (QED) is 0.121. The molecule has 0 aliphatic rings. The molecule has 0 aliphatic carbocycles. The highest BCUT2D eigenvalue weighted by Crippen LogP contribution is 2.32. The largest absolute Gasteiger partial charge is 0.0978 e. The number of rotatable bonds is 16. The van der Waals surface area contributed by atoms with Crippen LogP contribution in [-0.2, 0) is 0 Å². The molecule has 2 rings (SSSR count). The predicted octanol–water partition coefficient (Wildman–Crippen LogP) is 14.2. The molecule has 0 saturated carbocycles. The van der Waals surface area contributed by atoms with Gasteiger partial charge in [-0.3, -0.25) is 0 Å². The van der Waals surface area contributed by atoms with Crippen molar-refractivity contribution in [2.75, 3.05) is 0 Å². The summed E-state index contributed by atoms with van der Waals surface area (Å²) in [6.45, 7) is 14.1. The van der Waals surface area contributed by atoms with Gasteiger partial charge in [-0.2, -0.15) is 0 Å². The molecule has 0 nitrogen and oxygen atoms in total. The van der Waals surface area contributed by atoms with Gasteiger partial charge in [-0.05, 0) is 91.3 Å². The Labute approximate surface area is 277 Å². The van der Waals surface area contributed by atoms with Gasteiger partial charge in [0, 0.05) is 32.9 Å². The Morgan fingerprint density at radius 2 is 0.762 bits per heavy atom. The summed E-state index contributed by atoms with van der Waals surface area (Å²) in [6, 6.07) is 8.62. The van der Waals surface area contributed by atoms with Crippen molar-refractivity contribution in [3.8, 4) is 23.7 Å². The maximum Gasteiger partial charge on any atom is 0.0466 e. The normalized spacial score (nSPS) is 11.7. The number of fused-ring (bicyclic) bond motifs is 1. The van der Waals surface area contributed by atoms with E-state index < -0.39 is 0 Å². The molecule has 0 aliphatic heterocycles. The molecule has 2 aromatic carbocycles. The lowest BCUT2D eigenvalue weighted by atomic mass is 9.89. The van der Waals surface area contributed by atoms with Gasteiger partial charge in [0.15, 0.2) is 0 Å². The molecule has 0 bridgehead atoms. The second-order valence-electron chi connectivity index (χ2n) is 14.6. The van der Waals surface area contributed by atoms with Gasteiger partial charge in [-0.15, -0.1) is 0 Å². The number of hydrogen-bond donors (Lipinski definition) is 0. The molecule has 232 valence electrons. The fourth-order valence-corrected chi connectivity index (χ4v) is 6.30. The van der Waals surface area contributed by atoms with E-state index in [9.17, 15) is 0 Å². The zero-order valence-electron chi connectivity index (χ0n) is 27.8. The third-order valence-corrected chi connectivity index (χ3v) is 9.30. The van der Waals surface area contributed by atoms with Crippen LogP contribution in [0.1, 0.15) is 168 Å². The van der Waals surface area contributed by atoms with Crippen LogP contribution in [0.3, 0.4) is 0 Å². The summed E-state index contributed by atoms with van der Waals surface area (Å²) in [4.78, 5) is 0. The third-order valence-electron chi connectivity index (χ3n) is 7.98. The van der Waals surface area contributed by atoms with Crippen LogP contribution in [0.15, 0.2) is 33.2 Å². The number of unbranched alkanes of at least 4 members (excludes halogenated alkanes) is 14. The second kappa shape index (κ2) is 19.9. The Balaban J connectivity index is 1.79. The molecule has 0 saturated heterocycles. The van der Waals surface area contributed by atoms with E-state index in [1.54, 1.807) is 0 Å². The highest BCUT2D eigenvalue weighted by Gasteiger charge is 2.11. The van der Waals surface area contributed by atoms with Crippen LogP contribution in [0.4, 0.5) is 0 Å². The number of hydrogen-bond acceptors (Lipinski definition) is 0. The standard InChI is InChI=1S/C40H58Br2/c1-39(2,3)31-23-19-15-11-7-9-13-17-21-25-35-33-27-30-38(42)36(34(33)28-29-37(35)41)26-22-18-14-10-8-12-16-20-24-32-40(4,5)6/h27-30H,7-20,23-24,31-32H2,1-6H3. The lowest BCUT2D eigenvalue weighted by Gasteiger charge is -2.17. The predicted molar refractivity (Wildman–Crippen MR) is 195 cm³/mol. The zero-order chi connectivity index (χ0) is 30.8. The minimum atomic E-state index is 0.480. The van der Waals surface area contributed by atoms with Gasteiger partial charge in [0.05, 0.1) is 0 Å². The van der Waals surface area contributed by atoms with Gasteiger partial charge in [0.2, 0.25) is 0 Å². The number of halogens is 2. The van der Waals surface area contributed by atoms with Crippen molar-refractivity contribution in [3.63, 3.8) is 0 Å². The summed E-state index contributed by atoms with van der Waals surface area (Å²) in [5, 5.41) is 2.37. The van der Waals surface area contributed by atoms with Crippen molar-refractivity contribution in [2.24, 2.45) is 10.8 Å². The fraction of sp³-hybridized carbons (Fsp3) is 0.650. The summed E-state index contributed by atoms with van der Waals surface area (Å²) >= 11 is 7.52. The molecule has 0 fully saturated rings. The van der Waals surface area contributed by atoms with Crippen molar-refractivity contribution < 1.29 is 0 Å². The lowest BCUT2D eigenvalue weighted by Crippen LogP contribution is -2.03. The van der Waals surface area contributed by atoms with E-state index in [1.807, 2.05) is 0 Å². The monoisotopic (exact) mass is 696 g/mol. The van der Waals surface area contributed by atoms with E-state index in [1.165, 1.54) is 114 Å². The van der Waals surface area contributed by atoms with Gasteiger partial charge in [-0.1, -0.05) is 154 Å². The average Bonchev–Trinajstić information content (AvgIpc) is 2.91. The van der Waals surface area contributed by atoms with Crippen LogP contribution < -0.4 is 0 Å². The van der Waals surface area contributed by atoms with Gasteiger partial charge < -0.3 is 0 Å². The van der Waals surface area contributed by atoms with Gasteiger partial charge >= 0.3 is 0 Å². The lowest BCUT2D eigenvalue weighted by molar-refractivity contribution is 0.356.